The molecular formula is C12H17NO4. The number of hydrogen-bond donors (Lipinski definition) is 3. The summed E-state index contributed by atoms with van der Waals surface area (Å²) in [5.41, 5.74) is -0.0775. The number of aliphatic hydroxyl groups is 1. The van der Waals surface area contributed by atoms with E-state index in [4.69, 9.17) is 9.52 Å². The first kappa shape index (κ1) is 12.1. The maximum atomic E-state index is 10.9. The van der Waals surface area contributed by atoms with Gasteiger partial charge in [0.2, 0.25) is 0 Å². The number of aliphatic hydroxyl groups excluding tert-OH is 1. The second-order valence-corrected chi connectivity index (χ2v) is 4.56. The second-order valence-electron chi connectivity index (χ2n) is 4.56. The smallest absolute Gasteiger partial charge is 0.339 e. The fourth-order valence-electron chi connectivity index (χ4n) is 2.38. The van der Waals surface area contributed by atoms with E-state index < -0.39 is 5.97 Å². The molecule has 0 saturated heterocycles. The Hall–Kier alpha value is -1.33. The van der Waals surface area contributed by atoms with Crippen LogP contribution >= 0.6 is 0 Å². The zero-order chi connectivity index (χ0) is 12.3. The van der Waals surface area contributed by atoms with Crippen LogP contribution in [0.5, 0.6) is 0 Å². The summed E-state index contributed by atoms with van der Waals surface area (Å²) in [5.74, 6) is -0.572. The molecule has 17 heavy (non-hydrogen) atoms. The molecule has 0 amide bonds. The van der Waals surface area contributed by atoms with E-state index >= 15 is 0 Å². The predicted molar refractivity (Wildman–Crippen MR) is 60.8 cm³/mol. The zero-order valence-electron chi connectivity index (χ0n) is 9.61. The molecule has 2 rings (SSSR count). The number of hydrogen-bond acceptors (Lipinski definition) is 4. The largest absolute Gasteiger partial charge is 0.478 e. The first-order valence-electron chi connectivity index (χ1n) is 5.82. The number of carbonyl (C=O) groups is 1. The van der Waals surface area contributed by atoms with Gasteiger partial charge in [0, 0.05) is 5.54 Å². The molecule has 1 heterocycles. The van der Waals surface area contributed by atoms with E-state index in [-0.39, 0.29) is 17.7 Å². The number of furan rings is 1. The van der Waals surface area contributed by atoms with Crippen LogP contribution in [-0.4, -0.2) is 28.3 Å². The molecule has 5 heteroatoms. The van der Waals surface area contributed by atoms with Crippen molar-refractivity contribution in [2.75, 3.05) is 6.61 Å². The molecule has 0 spiro atoms. The first-order valence-corrected chi connectivity index (χ1v) is 5.82. The minimum atomic E-state index is -0.986. The van der Waals surface area contributed by atoms with Crippen molar-refractivity contribution in [2.24, 2.45) is 0 Å². The van der Waals surface area contributed by atoms with Crippen LogP contribution in [0.4, 0.5) is 0 Å². The van der Waals surface area contributed by atoms with Crippen molar-refractivity contribution >= 4 is 5.97 Å². The Balaban J connectivity index is 2.01. The first-order chi connectivity index (χ1) is 8.17. The molecule has 1 aliphatic carbocycles. The minimum absolute atomic E-state index is 0.0795. The highest BCUT2D eigenvalue weighted by Gasteiger charge is 2.33. The molecule has 0 atom stereocenters. The van der Waals surface area contributed by atoms with Crippen molar-refractivity contribution in [3.63, 3.8) is 0 Å². The number of nitrogens with one attached hydrogen (secondary N) is 1. The Morgan fingerprint density at radius 3 is 2.76 bits per heavy atom. The molecule has 3 N–H and O–H groups in total. The van der Waals surface area contributed by atoms with Crippen LogP contribution in [0.1, 0.15) is 41.8 Å². The van der Waals surface area contributed by atoms with Gasteiger partial charge in [0.15, 0.2) is 0 Å². The van der Waals surface area contributed by atoms with Crippen molar-refractivity contribution in [3.8, 4) is 0 Å². The third-order valence-corrected chi connectivity index (χ3v) is 3.46. The standard InChI is InChI=1S/C12H17NO4/c14-8-12(4-1-2-5-12)13-7-10-9(11(15)16)3-6-17-10/h3,6,13-14H,1-2,4-5,7-8H2,(H,15,16). The lowest BCUT2D eigenvalue weighted by molar-refractivity contribution is 0.0693. The lowest BCUT2D eigenvalue weighted by Gasteiger charge is -2.27. The molecule has 5 nitrogen and oxygen atoms in total. The Morgan fingerprint density at radius 2 is 2.18 bits per heavy atom. The summed E-state index contributed by atoms with van der Waals surface area (Å²) < 4.78 is 5.15. The van der Waals surface area contributed by atoms with Crippen molar-refractivity contribution in [1.82, 2.24) is 5.32 Å². The summed E-state index contributed by atoms with van der Waals surface area (Å²) in [5, 5.41) is 21.6. The van der Waals surface area contributed by atoms with E-state index in [0.29, 0.717) is 12.3 Å². The van der Waals surface area contributed by atoms with Crippen LogP contribution in [0, 0.1) is 0 Å². The van der Waals surface area contributed by atoms with E-state index in [1.165, 1.54) is 12.3 Å². The number of carboxylic acid groups (broad SMARTS) is 1. The van der Waals surface area contributed by atoms with Gasteiger partial charge in [-0.3, -0.25) is 0 Å². The van der Waals surface area contributed by atoms with Gasteiger partial charge in [-0.05, 0) is 18.9 Å². The number of aromatic carboxylic acids is 1. The third-order valence-electron chi connectivity index (χ3n) is 3.46. The Labute approximate surface area is 99.4 Å². The number of rotatable bonds is 5. The molecule has 0 radical (unpaired) electrons. The lowest BCUT2D eigenvalue weighted by Crippen LogP contribution is -2.45. The van der Waals surface area contributed by atoms with Gasteiger partial charge >= 0.3 is 5.97 Å². The van der Waals surface area contributed by atoms with Crippen LogP contribution in [0.2, 0.25) is 0 Å². The molecule has 1 aromatic rings. The highest BCUT2D eigenvalue weighted by Crippen LogP contribution is 2.29. The van der Waals surface area contributed by atoms with E-state index in [9.17, 15) is 9.90 Å². The molecule has 0 unspecified atom stereocenters. The third kappa shape index (κ3) is 2.50. The summed E-state index contributed by atoms with van der Waals surface area (Å²) in [7, 11) is 0. The van der Waals surface area contributed by atoms with Crippen LogP contribution in [0.25, 0.3) is 0 Å². The SMILES string of the molecule is O=C(O)c1ccoc1CNC1(CO)CCCC1. The van der Waals surface area contributed by atoms with Crippen LogP contribution in [-0.2, 0) is 6.54 Å². The van der Waals surface area contributed by atoms with E-state index in [0.717, 1.165) is 25.7 Å². The molecule has 1 aliphatic rings. The van der Waals surface area contributed by atoms with Gasteiger partial charge in [-0.25, -0.2) is 4.79 Å². The average molecular weight is 239 g/mol. The Kier molecular flexibility index (Phi) is 3.49. The van der Waals surface area contributed by atoms with Gasteiger partial charge in [-0.1, -0.05) is 12.8 Å². The minimum Gasteiger partial charge on any atom is -0.478 e. The van der Waals surface area contributed by atoms with E-state index in [2.05, 4.69) is 5.32 Å². The maximum Gasteiger partial charge on any atom is 0.339 e. The summed E-state index contributed by atoms with van der Waals surface area (Å²) in [4.78, 5) is 10.9. The fraction of sp³-hybridized carbons (Fsp3) is 0.583. The molecule has 0 aromatic carbocycles. The molecule has 94 valence electrons. The van der Waals surface area contributed by atoms with Crippen molar-refractivity contribution in [1.29, 1.82) is 0 Å². The van der Waals surface area contributed by atoms with Crippen molar-refractivity contribution in [3.05, 3.63) is 23.7 Å². The molecule has 0 bridgehead atoms. The summed E-state index contributed by atoms with van der Waals surface area (Å²) in [6, 6.07) is 1.44. The summed E-state index contributed by atoms with van der Waals surface area (Å²) in [6.07, 6.45) is 5.41. The number of carboxylic acids is 1. The van der Waals surface area contributed by atoms with Crippen LogP contribution < -0.4 is 5.32 Å². The Morgan fingerprint density at radius 1 is 1.47 bits per heavy atom. The van der Waals surface area contributed by atoms with E-state index in [1.807, 2.05) is 0 Å². The molecule has 1 fully saturated rings. The second kappa shape index (κ2) is 4.89. The van der Waals surface area contributed by atoms with Gasteiger partial charge in [0.25, 0.3) is 0 Å². The van der Waals surface area contributed by atoms with Crippen LogP contribution in [0.3, 0.4) is 0 Å². The van der Waals surface area contributed by atoms with Gasteiger partial charge < -0.3 is 19.9 Å². The average Bonchev–Trinajstić information content (AvgIpc) is 2.96. The molecule has 1 aromatic heterocycles. The van der Waals surface area contributed by atoms with Gasteiger partial charge in [0.05, 0.1) is 19.4 Å². The summed E-state index contributed by atoms with van der Waals surface area (Å²) >= 11 is 0. The lowest BCUT2D eigenvalue weighted by atomic mass is 9.99. The van der Waals surface area contributed by atoms with Crippen molar-refractivity contribution in [2.45, 2.75) is 37.8 Å². The Bertz CT molecular complexity index is 393. The monoisotopic (exact) mass is 239 g/mol. The zero-order valence-corrected chi connectivity index (χ0v) is 9.61. The van der Waals surface area contributed by atoms with E-state index in [1.54, 1.807) is 0 Å². The van der Waals surface area contributed by atoms with Gasteiger partial charge in [0.1, 0.15) is 11.3 Å². The van der Waals surface area contributed by atoms with Crippen LogP contribution in [0.15, 0.2) is 16.7 Å². The fourth-order valence-corrected chi connectivity index (χ4v) is 2.38. The van der Waals surface area contributed by atoms with Gasteiger partial charge in [-0.2, -0.15) is 0 Å². The van der Waals surface area contributed by atoms with Gasteiger partial charge in [-0.15, -0.1) is 0 Å². The predicted octanol–water partition coefficient (Wildman–Crippen LogP) is 1.37. The molecule has 0 aliphatic heterocycles. The van der Waals surface area contributed by atoms with Crippen molar-refractivity contribution < 1.29 is 19.4 Å². The maximum absolute atomic E-state index is 10.9. The molecular weight excluding hydrogens is 222 g/mol. The highest BCUT2D eigenvalue weighted by molar-refractivity contribution is 5.88. The quantitative estimate of drug-likeness (QED) is 0.723. The normalized spacial score (nSPS) is 18.4. The highest BCUT2D eigenvalue weighted by atomic mass is 16.4. The topological polar surface area (TPSA) is 82.7 Å². The summed E-state index contributed by atoms with van der Waals surface area (Å²) in [6.45, 7) is 0.422. The molecule has 1 saturated carbocycles.